The standard InChI is InChI=1S/C10H20N2O3/c1-5-15-10(14)7(4)12-9(13)8(11)6(2)3/h6-8H,5,11H2,1-4H3,(H,12,13)/t7?,8-/m0/s1. The summed E-state index contributed by atoms with van der Waals surface area (Å²) in [7, 11) is 0. The zero-order valence-electron chi connectivity index (χ0n) is 9.74. The van der Waals surface area contributed by atoms with E-state index in [0.717, 1.165) is 0 Å². The number of nitrogens with two attached hydrogens (primary N) is 1. The Balaban J connectivity index is 4.12. The summed E-state index contributed by atoms with van der Waals surface area (Å²) in [5.41, 5.74) is 5.62. The number of carbonyl (C=O) groups excluding carboxylic acids is 2. The zero-order chi connectivity index (χ0) is 12.0. The van der Waals surface area contributed by atoms with Crippen molar-refractivity contribution in [3.8, 4) is 0 Å². The molecule has 3 N–H and O–H groups in total. The van der Waals surface area contributed by atoms with Crippen LogP contribution in [0.4, 0.5) is 0 Å². The van der Waals surface area contributed by atoms with Gasteiger partial charge in [-0.05, 0) is 19.8 Å². The minimum absolute atomic E-state index is 0.0411. The Morgan fingerprint density at radius 3 is 2.27 bits per heavy atom. The molecule has 0 aromatic heterocycles. The summed E-state index contributed by atoms with van der Waals surface area (Å²) in [5, 5.41) is 2.51. The van der Waals surface area contributed by atoms with E-state index in [9.17, 15) is 9.59 Å². The highest BCUT2D eigenvalue weighted by Crippen LogP contribution is 1.99. The summed E-state index contributed by atoms with van der Waals surface area (Å²) in [5.74, 6) is -0.730. The number of carbonyl (C=O) groups is 2. The lowest BCUT2D eigenvalue weighted by Crippen LogP contribution is -2.49. The molecule has 0 radical (unpaired) electrons. The molecule has 0 aromatic carbocycles. The second-order valence-corrected chi connectivity index (χ2v) is 3.75. The van der Waals surface area contributed by atoms with Crippen molar-refractivity contribution in [2.75, 3.05) is 6.61 Å². The average molecular weight is 216 g/mol. The lowest BCUT2D eigenvalue weighted by Gasteiger charge is -2.18. The van der Waals surface area contributed by atoms with Gasteiger partial charge in [-0.25, -0.2) is 4.79 Å². The minimum atomic E-state index is -0.651. The van der Waals surface area contributed by atoms with Crippen LogP contribution in [0.1, 0.15) is 27.7 Å². The molecule has 0 aromatic rings. The number of rotatable bonds is 5. The third-order valence-corrected chi connectivity index (χ3v) is 2.02. The maximum Gasteiger partial charge on any atom is 0.328 e. The fourth-order valence-electron chi connectivity index (χ4n) is 0.939. The summed E-state index contributed by atoms with van der Waals surface area (Å²) in [4.78, 5) is 22.7. The van der Waals surface area contributed by atoms with E-state index in [4.69, 9.17) is 10.5 Å². The molecule has 1 unspecified atom stereocenters. The van der Waals surface area contributed by atoms with Crippen molar-refractivity contribution in [3.05, 3.63) is 0 Å². The van der Waals surface area contributed by atoms with E-state index in [2.05, 4.69) is 5.32 Å². The normalized spacial score (nSPS) is 14.5. The summed E-state index contributed by atoms with van der Waals surface area (Å²) in [6, 6.07) is -1.25. The van der Waals surface area contributed by atoms with Crippen molar-refractivity contribution < 1.29 is 14.3 Å². The van der Waals surface area contributed by atoms with Crippen LogP contribution in [0.3, 0.4) is 0 Å². The maximum absolute atomic E-state index is 11.5. The summed E-state index contributed by atoms with van der Waals surface area (Å²) < 4.78 is 4.75. The molecule has 0 saturated carbocycles. The molecule has 88 valence electrons. The summed E-state index contributed by atoms with van der Waals surface area (Å²) >= 11 is 0. The van der Waals surface area contributed by atoms with Crippen LogP contribution < -0.4 is 11.1 Å². The van der Waals surface area contributed by atoms with E-state index in [1.54, 1.807) is 13.8 Å². The van der Waals surface area contributed by atoms with Gasteiger partial charge in [-0.15, -0.1) is 0 Å². The zero-order valence-corrected chi connectivity index (χ0v) is 9.74. The lowest BCUT2D eigenvalue weighted by molar-refractivity contribution is -0.147. The van der Waals surface area contributed by atoms with E-state index in [1.807, 2.05) is 13.8 Å². The number of esters is 1. The van der Waals surface area contributed by atoms with Crippen molar-refractivity contribution in [2.24, 2.45) is 11.7 Å². The quantitative estimate of drug-likeness (QED) is 0.636. The highest BCUT2D eigenvalue weighted by molar-refractivity contribution is 5.87. The number of nitrogens with one attached hydrogen (secondary N) is 1. The van der Waals surface area contributed by atoms with Gasteiger partial charge in [0.05, 0.1) is 12.6 Å². The Morgan fingerprint density at radius 2 is 1.87 bits per heavy atom. The highest BCUT2D eigenvalue weighted by Gasteiger charge is 2.22. The van der Waals surface area contributed by atoms with Gasteiger partial charge in [0.2, 0.25) is 5.91 Å². The molecule has 0 fully saturated rings. The van der Waals surface area contributed by atoms with Gasteiger partial charge in [-0.2, -0.15) is 0 Å². The minimum Gasteiger partial charge on any atom is -0.464 e. The first-order valence-corrected chi connectivity index (χ1v) is 5.12. The van der Waals surface area contributed by atoms with Crippen LogP contribution in [0, 0.1) is 5.92 Å². The van der Waals surface area contributed by atoms with Gasteiger partial charge in [0.15, 0.2) is 0 Å². The summed E-state index contributed by atoms with van der Waals surface area (Å²) in [6.07, 6.45) is 0. The maximum atomic E-state index is 11.5. The molecule has 0 heterocycles. The van der Waals surface area contributed by atoms with Crippen LogP contribution in [0.25, 0.3) is 0 Å². The van der Waals surface area contributed by atoms with Crippen molar-refractivity contribution >= 4 is 11.9 Å². The van der Waals surface area contributed by atoms with Crippen molar-refractivity contribution in [1.82, 2.24) is 5.32 Å². The Hall–Kier alpha value is -1.10. The largest absolute Gasteiger partial charge is 0.464 e. The number of hydrogen-bond acceptors (Lipinski definition) is 4. The third kappa shape index (κ3) is 4.78. The molecule has 0 aliphatic rings. The van der Waals surface area contributed by atoms with E-state index in [-0.39, 0.29) is 11.8 Å². The lowest BCUT2D eigenvalue weighted by atomic mass is 10.0. The smallest absolute Gasteiger partial charge is 0.328 e. The highest BCUT2D eigenvalue weighted by atomic mass is 16.5. The van der Waals surface area contributed by atoms with Gasteiger partial charge < -0.3 is 15.8 Å². The van der Waals surface area contributed by atoms with Crippen molar-refractivity contribution in [3.63, 3.8) is 0 Å². The molecule has 1 amide bonds. The second-order valence-electron chi connectivity index (χ2n) is 3.75. The fourth-order valence-corrected chi connectivity index (χ4v) is 0.939. The van der Waals surface area contributed by atoms with E-state index in [1.165, 1.54) is 0 Å². The van der Waals surface area contributed by atoms with Crippen LogP contribution in [-0.2, 0) is 14.3 Å². The van der Waals surface area contributed by atoms with E-state index in [0.29, 0.717) is 6.61 Å². The molecule has 0 bridgehead atoms. The van der Waals surface area contributed by atoms with Gasteiger partial charge in [0.25, 0.3) is 0 Å². The first-order valence-electron chi connectivity index (χ1n) is 5.12. The molecule has 15 heavy (non-hydrogen) atoms. The van der Waals surface area contributed by atoms with Crippen LogP contribution in [0.5, 0.6) is 0 Å². The monoisotopic (exact) mass is 216 g/mol. The van der Waals surface area contributed by atoms with Gasteiger partial charge >= 0.3 is 5.97 Å². The second kappa shape index (κ2) is 6.40. The SMILES string of the molecule is CCOC(=O)C(C)NC(=O)[C@@H](N)C(C)C. The first kappa shape index (κ1) is 13.9. The van der Waals surface area contributed by atoms with E-state index >= 15 is 0 Å². The topological polar surface area (TPSA) is 81.4 Å². The molecular formula is C10H20N2O3. The number of hydrogen-bond donors (Lipinski definition) is 2. The summed E-state index contributed by atoms with van der Waals surface area (Å²) in [6.45, 7) is 7.28. The van der Waals surface area contributed by atoms with Gasteiger partial charge in [-0.3, -0.25) is 4.79 Å². The third-order valence-electron chi connectivity index (χ3n) is 2.02. The van der Waals surface area contributed by atoms with Gasteiger partial charge in [-0.1, -0.05) is 13.8 Å². The predicted octanol–water partition coefficient (Wildman–Crippen LogP) is 0.0375. The first-order chi connectivity index (χ1) is 6.90. The molecule has 0 saturated heterocycles. The van der Waals surface area contributed by atoms with Gasteiger partial charge in [0, 0.05) is 0 Å². The van der Waals surface area contributed by atoms with Crippen LogP contribution >= 0.6 is 0 Å². The average Bonchev–Trinajstić information content (AvgIpc) is 2.16. The molecule has 2 atom stereocenters. The molecule has 0 rings (SSSR count). The molecule has 5 nitrogen and oxygen atoms in total. The number of amides is 1. The Kier molecular flexibility index (Phi) is 5.93. The number of ether oxygens (including phenoxy) is 1. The van der Waals surface area contributed by atoms with Crippen LogP contribution in [0.15, 0.2) is 0 Å². The Labute approximate surface area is 90.4 Å². The molecule has 0 spiro atoms. The van der Waals surface area contributed by atoms with Crippen molar-refractivity contribution in [1.29, 1.82) is 0 Å². The Morgan fingerprint density at radius 1 is 1.33 bits per heavy atom. The molecule has 0 aliphatic heterocycles. The molecular weight excluding hydrogens is 196 g/mol. The van der Waals surface area contributed by atoms with Crippen molar-refractivity contribution in [2.45, 2.75) is 39.8 Å². The Bertz CT molecular complexity index is 229. The molecule has 5 heteroatoms. The van der Waals surface area contributed by atoms with Gasteiger partial charge in [0.1, 0.15) is 6.04 Å². The predicted molar refractivity (Wildman–Crippen MR) is 57.1 cm³/mol. The van der Waals surface area contributed by atoms with Crippen LogP contribution in [-0.4, -0.2) is 30.6 Å². The van der Waals surface area contributed by atoms with Crippen LogP contribution in [0.2, 0.25) is 0 Å². The molecule has 0 aliphatic carbocycles. The van der Waals surface area contributed by atoms with E-state index < -0.39 is 18.1 Å². The fraction of sp³-hybridized carbons (Fsp3) is 0.800.